The van der Waals surface area contributed by atoms with Crippen LogP contribution in [0.25, 0.3) is 0 Å². The van der Waals surface area contributed by atoms with Crippen LogP contribution < -0.4 is 14.4 Å². The van der Waals surface area contributed by atoms with E-state index in [1.54, 1.807) is 31.2 Å². The first-order valence-electron chi connectivity index (χ1n) is 9.35. The second-order valence-electron chi connectivity index (χ2n) is 7.04. The zero-order valence-electron chi connectivity index (χ0n) is 17.1. The Morgan fingerprint density at radius 2 is 1.72 bits per heavy atom. The lowest BCUT2D eigenvalue weighted by Gasteiger charge is -2.28. The molecular formula is C21H27ClN2O4S. The Labute approximate surface area is 177 Å². The van der Waals surface area contributed by atoms with E-state index < -0.39 is 22.0 Å². The van der Waals surface area contributed by atoms with Crippen LogP contribution in [0.4, 0.5) is 5.69 Å². The van der Waals surface area contributed by atoms with Gasteiger partial charge in [0.1, 0.15) is 18.4 Å². The molecule has 1 atom stereocenters. The number of anilines is 1. The van der Waals surface area contributed by atoms with Gasteiger partial charge < -0.3 is 10.1 Å². The molecule has 0 fully saturated rings. The van der Waals surface area contributed by atoms with Crippen molar-refractivity contribution in [1.82, 2.24) is 5.32 Å². The number of nitrogens with zero attached hydrogens (tertiary/aromatic N) is 1. The summed E-state index contributed by atoms with van der Waals surface area (Å²) in [7, 11) is -3.67. The molecule has 0 bridgehead atoms. The van der Waals surface area contributed by atoms with Gasteiger partial charge in [0.15, 0.2) is 0 Å². The molecule has 0 saturated carbocycles. The van der Waals surface area contributed by atoms with Crippen LogP contribution in [-0.4, -0.2) is 39.8 Å². The van der Waals surface area contributed by atoms with Gasteiger partial charge in [-0.3, -0.25) is 9.10 Å². The fourth-order valence-corrected chi connectivity index (χ4v) is 4.27. The molecule has 0 radical (unpaired) electrons. The number of carbonyl (C=O) groups is 1. The standard InChI is InChI=1S/C21H27ClN2O4S/c1-15(2)19-7-5-6-8-20(19)28-14-13-23-21(25)16(3)24(29(4,26)27)18-11-9-17(22)10-12-18/h5-12,15-16H,13-14H2,1-4H3,(H,23,25). The fourth-order valence-electron chi connectivity index (χ4n) is 2.97. The first-order valence-corrected chi connectivity index (χ1v) is 11.6. The Morgan fingerprint density at radius 1 is 1.10 bits per heavy atom. The van der Waals surface area contributed by atoms with Crippen LogP contribution in [0.2, 0.25) is 5.02 Å². The van der Waals surface area contributed by atoms with E-state index in [1.807, 2.05) is 24.3 Å². The van der Waals surface area contributed by atoms with Crippen LogP contribution >= 0.6 is 11.6 Å². The minimum absolute atomic E-state index is 0.258. The number of hydrogen-bond acceptors (Lipinski definition) is 4. The highest BCUT2D eigenvalue weighted by Gasteiger charge is 2.28. The van der Waals surface area contributed by atoms with Crippen molar-refractivity contribution in [3.8, 4) is 5.75 Å². The third-order valence-corrected chi connectivity index (χ3v) is 5.86. The molecule has 1 N–H and O–H groups in total. The summed E-state index contributed by atoms with van der Waals surface area (Å²) in [6.45, 7) is 6.25. The number of ether oxygens (including phenoxy) is 1. The summed E-state index contributed by atoms with van der Waals surface area (Å²) < 4.78 is 31.4. The van der Waals surface area contributed by atoms with Gasteiger partial charge in [0.25, 0.3) is 0 Å². The highest BCUT2D eigenvalue weighted by molar-refractivity contribution is 7.92. The van der Waals surface area contributed by atoms with E-state index in [2.05, 4.69) is 19.2 Å². The zero-order chi connectivity index (χ0) is 21.6. The molecule has 0 heterocycles. The number of para-hydroxylation sites is 1. The summed E-state index contributed by atoms with van der Waals surface area (Å²) in [4.78, 5) is 12.6. The van der Waals surface area contributed by atoms with Gasteiger partial charge in [0.2, 0.25) is 15.9 Å². The molecule has 6 nitrogen and oxygen atoms in total. The summed E-state index contributed by atoms with van der Waals surface area (Å²) in [5, 5.41) is 3.22. The lowest BCUT2D eigenvalue weighted by atomic mass is 10.0. The number of benzene rings is 2. The van der Waals surface area contributed by atoms with Crippen molar-refractivity contribution in [1.29, 1.82) is 0 Å². The van der Waals surface area contributed by atoms with E-state index >= 15 is 0 Å². The molecule has 1 unspecified atom stereocenters. The van der Waals surface area contributed by atoms with Crippen LogP contribution in [0, 0.1) is 0 Å². The lowest BCUT2D eigenvalue weighted by molar-refractivity contribution is -0.121. The van der Waals surface area contributed by atoms with Gasteiger partial charge in [-0.05, 0) is 48.7 Å². The largest absolute Gasteiger partial charge is 0.491 e. The van der Waals surface area contributed by atoms with E-state index in [1.165, 1.54) is 0 Å². The van der Waals surface area contributed by atoms with Crippen molar-refractivity contribution in [2.75, 3.05) is 23.7 Å². The van der Waals surface area contributed by atoms with E-state index in [9.17, 15) is 13.2 Å². The van der Waals surface area contributed by atoms with Crippen molar-refractivity contribution < 1.29 is 17.9 Å². The molecule has 8 heteroatoms. The molecule has 1 amide bonds. The zero-order valence-corrected chi connectivity index (χ0v) is 18.6. The highest BCUT2D eigenvalue weighted by Crippen LogP contribution is 2.26. The van der Waals surface area contributed by atoms with E-state index in [-0.39, 0.29) is 13.2 Å². The number of hydrogen-bond donors (Lipinski definition) is 1. The third-order valence-electron chi connectivity index (χ3n) is 4.37. The van der Waals surface area contributed by atoms with Crippen molar-refractivity contribution in [3.63, 3.8) is 0 Å². The molecule has 2 aromatic rings. The normalized spacial score (nSPS) is 12.5. The monoisotopic (exact) mass is 438 g/mol. The van der Waals surface area contributed by atoms with Crippen LogP contribution in [0.1, 0.15) is 32.3 Å². The Bertz CT molecular complexity index is 930. The van der Waals surface area contributed by atoms with Crippen LogP contribution in [-0.2, 0) is 14.8 Å². The molecule has 0 spiro atoms. The molecule has 158 valence electrons. The van der Waals surface area contributed by atoms with Crippen molar-refractivity contribution >= 4 is 33.2 Å². The number of halogens is 1. The van der Waals surface area contributed by atoms with Gasteiger partial charge in [-0.25, -0.2) is 8.42 Å². The van der Waals surface area contributed by atoms with E-state index in [4.69, 9.17) is 16.3 Å². The number of amides is 1. The summed E-state index contributed by atoms with van der Waals surface area (Å²) in [5.41, 5.74) is 1.47. The maximum absolute atomic E-state index is 12.6. The van der Waals surface area contributed by atoms with Gasteiger partial charge in [0.05, 0.1) is 18.5 Å². The van der Waals surface area contributed by atoms with Gasteiger partial charge in [-0.1, -0.05) is 43.6 Å². The molecule has 0 aliphatic carbocycles. The van der Waals surface area contributed by atoms with Gasteiger partial charge in [-0.2, -0.15) is 0 Å². The second kappa shape index (κ2) is 9.98. The van der Waals surface area contributed by atoms with Crippen LogP contribution in [0.5, 0.6) is 5.75 Å². The molecule has 29 heavy (non-hydrogen) atoms. The molecule has 2 aromatic carbocycles. The quantitative estimate of drug-likeness (QED) is 0.604. The van der Waals surface area contributed by atoms with Crippen molar-refractivity contribution in [3.05, 3.63) is 59.1 Å². The van der Waals surface area contributed by atoms with E-state index in [0.717, 1.165) is 21.9 Å². The highest BCUT2D eigenvalue weighted by atomic mass is 35.5. The van der Waals surface area contributed by atoms with Crippen molar-refractivity contribution in [2.45, 2.75) is 32.7 Å². The van der Waals surface area contributed by atoms with Gasteiger partial charge in [0, 0.05) is 5.02 Å². The first-order chi connectivity index (χ1) is 13.6. The number of nitrogens with one attached hydrogen (secondary N) is 1. The average molecular weight is 439 g/mol. The maximum Gasteiger partial charge on any atom is 0.243 e. The summed E-state index contributed by atoms with van der Waals surface area (Å²) in [6.07, 6.45) is 1.07. The van der Waals surface area contributed by atoms with Gasteiger partial charge in [-0.15, -0.1) is 0 Å². The first kappa shape index (κ1) is 23.0. The Balaban J connectivity index is 1.99. The molecule has 0 saturated heterocycles. The average Bonchev–Trinajstić information content (AvgIpc) is 2.65. The number of sulfonamides is 1. The van der Waals surface area contributed by atoms with Gasteiger partial charge >= 0.3 is 0 Å². The molecule has 0 aliphatic heterocycles. The Kier molecular flexibility index (Phi) is 7.93. The van der Waals surface area contributed by atoms with Crippen molar-refractivity contribution in [2.24, 2.45) is 0 Å². The molecule has 0 aromatic heterocycles. The SMILES string of the molecule is CC(C)c1ccccc1OCCNC(=O)C(C)N(c1ccc(Cl)cc1)S(C)(=O)=O. The van der Waals surface area contributed by atoms with Crippen LogP contribution in [0.15, 0.2) is 48.5 Å². The summed E-state index contributed by atoms with van der Waals surface area (Å²) in [5.74, 6) is 0.693. The predicted molar refractivity (Wildman–Crippen MR) is 117 cm³/mol. The predicted octanol–water partition coefficient (Wildman–Crippen LogP) is 3.81. The topological polar surface area (TPSA) is 75.7 Å². The summed E-state index contributed by atoms with van der Waals surface area (Å²) >= 11 is 5.88. The Morgan fingerprint density at radius 3 is 2.31 bits per heavy atom. The minimum atomic E-state index is -3.67. The third kappa shape index (κ3) is 6.37. The maximum atomic E-state index is 12.6. The fraction of sp³-hybridized carbons (Fsp3) is 0.381. The Hall–Kier alpha value is -2.25. The molecular weight excluding hydrogens is 412 g/mol. The minimum Gasteiger partial charge on any atom is -0.491 e. The van der Waals surface area contributed by atoms with Crippen LogP contribution in [0.3, 0.4) is 0 Å². The lowest BCUT2D eigenvalue weighted by Crippen LogP contribution is -2.48. The summed E-state index contributed by atoms with van der Waals surface area (Å²) in [6, 6.07) is 13.1. The number of carbonyl (C=O) groups excluding carboxylic acids is 1. The van der Waals surface area contributed by atoms with E-state index in [0.29, 0.717) is 16.6 Å². The second-order valence-corrected chi connectivity index (χ2v) is 9.34. The smallest absolute Gasteiger partial charge is 0.243 e. The number of rotatable bonds is 9. The molecule has 0 aliphatic rings. The molecule has 2 rings (SSSR count).